The SMILES string of the molecule is Cc1ccnc(Oc2cc(F)c(C(=O)NS(C)(=O)=O)cc2F)c1. The van der Waals surface area contributed by atoms with Crippen molar-refractivity contribution in [1.29, 1.82) is 0 Å². The molecule has 0 fully saturated rings. The van der Waals surface area contributed by atoms with Crippen molar-refractivity contribution < 1.29 is 26.7 Å². The molecule has 1 aromatic heterocycles. The molecule has 0 aliphatic carbocycles. The van der Waals surface area contributed by atoms with Crippen molar-refractivity contribution in [1.82, 2.24) is 9.71 Å². The predicted molar refractivity (Wildman–Crippen MR) is 77.7 cm³/mol. The van der Waals surface area contributed by atoms with Gasteiger partial charge >= 0.3 is 0 Å². The molecule has 0 bridgehead atoms. The van der Waals surface area contributed by atoms with E-state index in [1.165, 1.54) is 12.3 Å². The number of sulfonamides is 1. The Kier molecular flexibility index (Phi) is 4.60. The summed E-state index contributed by atoms with van der Waals surface area (Å²) >= 11 is 0. The summed E-state index contributed by atoms with van der Waals surface area (Å²) in [6, 6.07) is 4.42. The average Bonchev–Trinajstić information content (AvgIpc) is 2.40. The molecule has 0 saturated heterocycles. The number of nitrogens with one attached hydrogen (secondary N) is 1. The fraction of sp³-hybridized carbons (Fsp3) is 0.143. The van der Waals surface area contributed by atoms with E-state index in [4.69, 9.17) is 4.74 Å². The smallest absolute Gasteiger partial charge is 0.267 e. The summed E-state index contributed by atoms with van der Waals surface area (Å²) in [7, 11) is -3.89. The maximum absolute atomic E-state index is 14.0. The fourth-order valence-corrected chi connectivity index (χ4v) is 2.13. The molecule has 2 aromatic rings. The van der Waals surface area contributed by atoms with Gasteiger partial charge in [0.2, 0.25) is 15.9 Å². The standard InChI is InChI=1S/C14H12F2N2O4S/c1-8-3-4-17-13(5-8)22-12-7-10(15)9(6-11(12)16)14(19)18-23(2,20)21/h3-7H,1-2H3,(H,18,19). The summed E-state index contributed by atoms with van der Waals surface area (Å²) < 4.78 is 56.5. The molecule has 0 aliphatic heterocycles. The van der Waals surface area contributed by atoms with Gasteiger partial charge in [0.15, 0.2) is 11.6 Å². The van der Waals surface area contributed by atoms with E-state index in [-0.39, 0.29) is 5.88 Å². The maximum atomic E-state index is 14.0. The van der Waals surface area contributed by atoms with E-state index in [1.807, 2.05) is 0 Å². The third-order valence-corrected chi connectivity index (χ3v) is 3.21. The number of hydrogen-bond acceptors (Lipinski definition) is 5. The van der Waals surface area contributed by atoms with Crippen LogP contribution in [0.2, 0.25) is 0 Å². The van der Waals surface area contributed by atoms with Crippen LogP contribution in [-0.4, -0.2) is 25.6 Å². The lowest BCUT2D eigenvalue weighted by Gasteiger charge is -2.09. The number of rotatable bonds is 4. The Bertz CT molecular complexity index is 869. The summed E-state index contributed by atoms with van der Waals surface area (Å²) in [6.07, 6.45) is 2.16. The van der Waals surface area contributed by atoms with Crippen LogP contribution in [0.3, 0.4) is 0 Å². The van der Waals surface area contributed by atoms with Gasteiger partial charge in [-0.25, -0.2) is 26.9 Å². The van der Waals surface area contributed by atoms with Crippen LogP contribution < -0.4 is 9.46 Å². The summed E-state index contributed by atoms with van der Waals surface area (Å²) in [5.41, 5.74) is 0.0532. The lowest BCUT2D eigenvalue weighted by Crippen LogP contribution is -2.30. The van der Waals surface area contributed by atoms with Crippen molar-refractivity contribution >= 4 is 15.9 Å². The summed E-state index contributed by atoms with van der Waals surface area (Å²) in [5.74, 6) is -3.86. The second-order valence-electron chi connectivity index (χ2n) is 4.74. The number of benzene rings is 1. The van der Waals surface area contributed by atoms with E-state index in [9.17, 15) is 22.0 Å². The number of aromatic nitrogens is 1. The largest absolute Gasteiger partial charge is 0.436 e. The van der Waals surface area contributed by atoms with Crippen LogP contribution in [0.5, 0.6) is 11.6 Å². The van der Waals surface area contributed by atoms with Gasteiger partial charge in [-0.15, -0.1) is 0 Å². The maximum Gasteiger partial charge on any atom is 0.267 e. The molecular weight excluding hydrogens is 330 g/mol. The summed E-state index contributed by atoms with van der Waals surface area (Å²) in [5, 5.41) is 0. The van der Waals surface area contributed by atoms with Crippen molar-refractivity contribution in [3.8, 4) is 11.6 Å². The molecule has 122 valence electrons. The van der Waals surface area contributed by atoms with Crippen LogP contribution in [0.4, 0.5) is 8.78 Å². The molecule has 6 nitrogen and oxygen atoms in total. The number of amides is 1. The summed E-state index contributed by atoms with van der Waals surface area (Å²) in [6.45, 7) is 1.77. The normalized spacial score (nSPS) is 11.1. The van der Waals surface area contributed by atoms with Gasteiger partial charge in [0, 0.05) is 18.3 Å². The molecule has 0 atom stereocenters. The topological polar surface area (TPSA) is 85.4 Å². The van der Waals surface area contributed by atoms with Crippen molar-refractivity contribution in [2.24, 2.45) is 0 Å². The van der Waals surface area contributed by atoms with Crippen molar-refractivity contribution in [3.63, 3.8) is 0 Å². The minimum Gasteiger partial charge on any atom is -0.436 e. The molecule has 0 saturated carbocycles. The zero-order valence-corrected chi connectivity index (χ0v) is 12.9. The highest BCUT2D eigenvalue weighted by Gasteiger charge is 2.20. The lowest BCUT2D eigenvalue weighted by atomic mass is 10.2. The van der Waals surface area contributed by atoms with Gasteiger partial charge in [-0.2, -0.15) is 0 Å². The Morgan fingerprint density at radius 2 is 1.91 bits per heavy atom. The van der Waals surface area contributed by atoms with Gasteiger partial charge < -0.3 is 4.74 Å². The number of halogens is 2. The molecule has 1 N–H and O–H groups in total. The second-order valence-corrected chi connectivity index (χ2v) is 6.49. The van der Waals surface area contributed by atoms with E-state index in [0.717, 1.165) is 11.8 Å². The minimum atomic E-state index is -3.89. The fourth-order valence-electron chi connectivity index (χ4n) is 1.68. The quantitative estimate of drug-likeness (QED) is 0.920. The highest BCUT2D eigenvalue weighted by molar-refractivity contribution is 7.89. The monoisotopic (exact) mass is 342 g/mol. The lowest BCUT2D eigenvalue weighted by molar-refractivity contribution is 0.0977. The Labute approximate surface area is 131 Å². The van der Waals surface area contributed by atoms with Crippen LogP contribution in [0.25, 0.3) is 0 Å². The second kappa shape index (κ2) is 6.29. The van der Waals surface area contributed by atoms with Crippen LogP contribution in [0, 0.1) is 18.6 Å². The molecule has 0 unspecified atom stereocenters. The molecule has 1 aromatic carbocycles. The minimum absolute atomic E-state index is 0.0524. The first-order chi connectivity index (χ1) is 10.7. The summed E-state index contributed by atoms with van der Waals surface area (Å²) in [4.78, 5) is 15.4. The number of carbonyl (C=O) groups excluding carboxylic acids is 1. The Morgan fingerprint density at radius 3 is 2.52 bits per heavy atom. The third-order valence-electron chi connectivity index (χ3n) is 2.65. The van der Waals surface area contributed by atoms with Crippen LogP contribution in [0.15, 0.2) is 30.5 Å². The molecule has 1 amide bonds. The van der Waals surface area contributed by atoms with E-state index < -0.39 is 38.9 Å². The average molecular weight is 342 g/mol. The van der Waals surface area contributed by atoms with E-state index in [2.05, 4.69) is 4.98 Å². The van der Waals surface area contributed by atoms with Crippen molar-refractivity contribution in [2.75, 3.05) is 6.26 Å². The van der Waals surface area contributed by atoms with E-state index in [1.54, 1.807) is 17.7 Å². The Balaban J connectivity index is 2.32. The predicted octanol–water partition coefficient (Wildman–Crippen LogP) is 2.15. The molecule has 0 aliphatic rings. The molecule has 23 heavy (non-hydrogen) atoms. The zero-order chi connectivity index (χ0) is 17.2. The van der Waals surface area contributed by atoms with Gasteiger partial charge in [0.1, 0.15) is 5.82 Å². The molecule has 2 rings (SSSR count). The van der Waals surface area contributed by atoms with Gasteiger partial charge in [0.05, 0.1) is 11.8 Å². The van der Waals surface area contributed by atoms with Gasteiger partial charge in [-0.05, 0) is 24.6 Å². The highest BCUT2D eigenvalue weighted by Crippen LogP contribution is 2.26. The van der Waals surface area contributed by atoms with E-state index >= 15 is 0 Å². The van der Waals surface area contributed by atoms with Gasteiger partial charge in [0.25, 0.3) is 5.91 Å². The molecule has 9 heteroatoms. The first-order valence-electron chi connectivity index (χ1n) is 6.27. The zero-order valence-electron chi connectivity index (χ0n) is 12.1. The van der Waals surface area contributed by atoms with Gasteiger partial charge in [-0.3, -0.25) is 4.79 Å². The number of carbonyl (C=O) groups is 1. The third kappa shape index (κ3) is 4.46. The Morgan fingerprint density at radius 1 is 1.22 bits per heavy atom. The van der Waals surface area contributed by atoms with Crippen LogP contribution in [0.1, 0.15) is 15.9 Å². The van der Waals surface area contributed by atoms with Crippen LogP contribution >= 0.6 is 0 Å². The number of pyridine rings is 1. The molecule has 1 heterocycles. The highest BCUT2D eigenvalue weighted by atomic mass is 32.2. The van der Waals surface area contributed by atoms with Crippen molar-refractivity contribution in [3.05, 3.63) is 53.2 Å². The molecule has 0 radical (unpaired) electrons. The number of aryl methyl sites for hydroxylation is 1. The number of ether oxygens (including phenoxy) is 1. The molecular formula is C14H12F2N2O4S. The number of hydrogen-bond donors (Lipinski definition) is 1. The van der Waals surface area contributed by atoms with Crippen LogP contribution in [-0.2, 0) is 10.0 Å². The molecule has 0 spiro atoms. The van der Waals surface area contributed by atoms with E-state index in [0.29, 0.717) is 12.1 Å². The first kappa shape index (κ1) is 16.8. The van der Waals surface area contributed by atoms with Crippen molar-refractivity contribution in [2.45, 2.75) is 6.92 Å². The Hall–Kier alpha value is -2.55. The number of nitrogens with zero attached hydrogens (tertiary/aromatic N) is 1. The van der Waals surface area contributed by atoms with Gasteiger partial charge in [-0.1, -0.05) is 0 Å². The first-order valence-corrected chi connectivity index (χ1v) is 8.16.